The van der Waals surface area contributed by atoms with Gasteiger partial charge in [0.05, 0.1) is 10.6 Å². The van der Waals surface area contributed by atoms with Gasteiger partial charge in [0, 0.05) is 26.1 Å². The minimum Gasteiger partial charge on any atom is -0.491 e. The molecule has 3 nitrogen and oxygen atoms in total. The normalized spacial score (nSPS) is 20.6. The lowest BCUT2D eigenvalue weighted by Crippen LogP contribution is -2.37. The Morgan fingerprint density at radius 3 is 2.67 bits per heavy atom. The Kier molecular flexibility index (Phi) is 5.86. The summed E-state index contributed by atoms with van der Waals surface area (Å²) in [5.74, 6) is 0.878. The zero-order valence-electron chi connectivity index (χ0n) is 14.9. The number of hydrogen-bond acceptors (Lipinski definition) is 3. The van der Waals surface area contributed by atoms with E-state index in [1.54, 1.807) is 12.1 Å². The van der Waals surface area contributed by atoms with E-state index in [-0.39, 0.29) is 5.75 Å². The SMILES string of the molecule is CC1(Oc2cccc(C(F)(F)F)c2)CCN(CCOc2ccccc2Cl)C1. The summed E-state index contributed by atoms with van der Waals surface area (Å²) in [6, 6.07) is 12.3. The summed E-state index contributed by atoms with van der Waals surface area (Å²) in [5, 5.41) is 0.566. The number of para-hydroxylation sites is 1. The van der Waals surface area contributed by atoms with Crippen molar-refractivity contribution in [2.45, 2.75) is 25.1 Å². The van der Waals surface area contributed by atoms with Crippen LogP contribution >= 0.6 is 11.6 Å². The molecule has 1 fully saturated rings. The van der Waals surface area contributed by atoms with E-state index in [0.717, 1.165) is 25.1 Å². The molecular formula is C20H21ClF3NO2. The molecule has 1 unspecified atom stereocenters. The van der Waals surface area contributed by atoms with Crippen molar-refractivity contribution in [3.63, 3.8) is 0 Å². The maximum absolute atomic E-state index is 12.9. The number of benzene rings is 2. The van der Waals surface area contributed by atoms with E-state index in [1.165, 1.54) is 6.07 Å². The second-order valence-corrected chi connectivity index (χ2v) is 7.29. The molecule has 2 aromatic rings. The molecule has 0 amide bonds. The van der Waals surface area contributed by atoms with Crippen LogP contribution in [0.5, 0.6) is 11.5 Å². The van der Waals surface area contributed by atoms with Crippen LogP contribution < -0.4 is 9.47 Å². The van der Waals surface area contributed by atoms with Gasteiger partial charge >= 0.3 is 6.18 Å². The van der Waals surface area contributed by atoms with Gasteiger partial charge in [-0.2, -0.15) is 13.2 Å². The smallest absolute Gasteiger partial charge is 0.416 e. The predicted molar refractivity (Wildman–Crippen MR) is 98.5 cm³/mol. The number of likely N-dealkylation sites (tertiary alicyclic amines) is 1. The van der Waals surface area contributed by atoms with Crippen molar-refractivity contribution in [3.8, 4) is 11.5 Å². The van der Waals surface area contributed by atoms with E-state index < -0.39 is 17.3 Å². The van der Waals surface area contributed by atoms with Gasteiger partial charge in [-0.05, 0) is 37.3 Å². The Balaban J connectivity index is 1.53. The maximum atomic E-state index is 12.9. The van der Waals surface area contributed by atoms with E-state index in [0.29, 0.717) is 30.5 Å². The van der Waals surface area contributed by atoms with Gasteiger partial charge < -0.3 is 9.47 Å². The van der Waals surface area contributed by atoms with Gasteiger partial charge in [0.1, 0.15) is 23.7 Å². The number of halogens is 4. The van der Waals surface area contributed by atoms with E-state index >= 15 is 0 Å². The largest absolute Gasteiger partial charge is 0.491 e. The Bertz CT molecular complexity index is 784. The second kappa shape index (κ2) is 7.98. The number of nitrogens with zero attached hydrogens (tertiary/aromatic N) is 1. The molecule has 0 N–H and O–H groups in total. The zero-order valence-corrected chi connectivity index (χ0v) is 15.7. The predicted octanol–water partition coefficient (Wildman–Crippen LogP) is 5.28. The highest BCUT2D eigenvalue weighted by Gasteiger charge is 2.36. The molecule has 0 radical (unpaired) electrons. The van der Waals surface area contributed by atoms with Crippen molar-refractivity contribution in [2.24, 2.45) is 0 Å². The Morgan fingerprint density at radius 1 is 1.15 bits per heavy atom. The first-order valence-corrected chi connectivity index (χ1v) is 9.09. The molecule has 7 heteroatoms. The summed E-state index contributed by atoms with van der Waals surface area (Å²) >= 11 is 6.06. The van der Waals surface area contributed by atoms with Gasteiger partial charge in [-0.25, -0.2) is 0 Å². The van der Waals surface area contributed by atoms with Crippen LogP contribution in [-0.4, -0.2) is 36.7 Å². The lowest BCUT2D eigenvalue weighted by atomic mass is 10.1. The third-order valence-electron chi connectivity index (χ3n) is 4.54. The first kappa shape index (κ1) is 19.8. The standard InChI is InChI=1S/C20H21ClF3NO2/c1-19(27-16-6-4-5-15(13-16)20(22,23)24)9-10-25(14-19)11-12-26-18-8-3-2-7-17(18)21/h2-8,13H,9-12,14H2,1H3. The molecule has 2 aromatic carbocycles. The maximum Gasteiger partial charge on any atom is 0.416 e. The van der Waals surface area contributed by atoms with Crippen LogP contribution in [0.3, 0.4) is 0 Å². The summed E-state index contributed by atoms with van der Waals surface area (Å²) in [6.45, 7) is 4.49. The van der Waals surface area contributed by atoms with Crippen LogP contribution in [0.25, 0.3) is 0 Å². The summed E-state index contributed by atoms with van der Waals surface area (Å²) in [4.78, 5) is 2.17. The van der Waals surface area contributed by atoms with E-state index in [9.17, 15) is 13.2 Å². The molecule has 3 rings (SSSR count). The highest BCUT2D eigenvalue weighted by atomic mass is 35.5. The van der Waals surface area contributed by atoms with Crippen LogP contribution in [-0.2, 0) is 6.18 Å². The average molecular weight is 400 g/mol. The average Bonchev–Trinajstić information content (AvgIpc) is 2.97. The fourth-order valence-corrected chi connectivity index (χ4v) is 3.36. The van der Waals surface area contributed by atoms with Crippen molar-refractivity contribution in [1.82, 2.24) is 4.90 Å². The van der Waals surface area contributed by atoms with Gasteiger partial charge in [0.15, 0.2) is 0 Å². The summed E-state index contributed by atoms with van der Waals surface area (Å²) in [6.07, 6.45) is -3.65. The van der Waals surface area contributed by atoms with Gasteiger partial charge in [0.2, 0.25) is 0 Å². The number of alkyl halides is 3. The van der Waals surface area contributed by atoms with Crippen molar-refractivity contribution in [2.75, 3.05) is 26.2 Å². The van der Waals surface area contributed by atoms with Crippen molar-refractivity contribution in [3.05, 3.63) is 59.1 Å². The van der Waals surface area contributed by atoms with Crippen molar-refractivity contribution in [1.29, 1.82) is 0 Å². The fourth-order valence-electron chi connectivity index (χ4n) is 3.17. The molecule has 0 bridgehead atoms. The first-order valence-electron chi connectivity index (χ1n) is 8.71. The molecule has 1 heterocycles. The minimum atomic E-state index is -4.38. The Labute approximate surface area is 161 Å². The van der Waals surface area contributed by atoms with E-state index in [4.69, 9.17) is 21.1 Å². The molecule has 0 spiro atoms. The van der Waals surface area contributed by atoms with E-state index in [1.807, 2.05) is 25.1 Å². The second-order valence-electron chi connectivity index (χ2n) is 6.88. The van der Waals surface area contributed by atoms with Crippen LogP contribution in [0, 0.1) is 0 Å². The number of rotatable bonds is 6. The monoisotopic (exact) mass is 399 g/mol. The van der Waals surface area contributed by atoms with Gasteiger partial charge in [0.25, 0.3) is 0 Å². The van der Waals surface area contributed by atoms with Crippen LogP contribution in [0.15, 0.2) is 48.5 Å². The zero-order chi connectivity index (χ0) is 19.5. The molecule has 0 saturated carbocycles. The highest BCUT2D eigenvalue weighted by Crippen LogP contribution is 2.34. The number of hydrogen-bond donors (Lipinski definition) is 0. The van der Waals surface area contributed by atoms with Crippen LogP contribution in [0.1, 0.15) is 18.9 Å². The minimum absolute atomic E-state index is 0.237. The highest BCUT2D eigenvalue weighted by molar-refractivity contribution is 6.32. The van der Waals surface area contributed by atoms with Crippen molar-refractivity contribution >= 4 is 11.6 Å². The first-order chi connectivity index (χ1) is 12.8. The lowest BCUT2D eigenvalue weighted by Gasteiger charge is -2.27. The lowest BCUT2D eigenvalue weighted by molar-refractivity contribution is -0.137. The third-order valence-corrected chi connectivity index (χ3v) is 4.85. The molecule has 0 aromatic heterocycles. The van der Waals surface area contributed by atoms with Crippen molar-refractivity contribution < 1.29 is 22.6 Å². The van der Waals surface area contributed by atoms with Crippen LogP contribution in [0.4, 0.5) is 13.2 Å². The van der Waals surface area contributed by atoms with Crippen LogP contribution in [0.2, 0.25) is 5.02 Å². The molecule has 1 saturated heterocycles. The van der Waals surface area contributed by atoms with E-state index in [2.05, 4.69) is 4.90 Å². The Morgan fingerprint density at radius 2 is 1.93 bits per heavy atom. The van der Waals surface area contributed by atoms with Gasteiger partial charge in [-0.1, -0.05) is 29.8 Å². The molecule has 0 aliphatic carbocycles. The Hall–Kier alpha value is -1.92. The third kappa shape index (κ3) is 5.30. The molecule has 1 aliphatic rings. The molecule has 1 atom stereocenters. The number of ether oxygens (including phenoxy) is 2. The van der Waals surface area contributed by atoms with Gasteiger partial charge in [-0.3, -0.25) is 4.90 Å². The fraction of sp³-hybridized carbons (Fsp3) is 0.400. The molecule has 146 valence electrons. The molecular weight excluding hydrogens is 379 g/mol. The topological polar surface area (TPSA) is 21.7 Å². The quantitative estimate of drug-likeness (QED) is 0.659. The molecule has 27 heavy (non-hydrogen) atoms. The van der Waals surface area contributed by atoms with Gasteiger partial charge in [-0.15, -0.1) is 0 Å². The molecule has 1 aliphatic heterocycles. The summed E-state index contributed by atoms with van der Waals surface area (Å²) in [5.41, 5.74) is -1.24. The summed E-state index contributed by atoms with van der Waals surface area (Å²) in [7, 11) is 0. The summed E-state index contributed by atoms with van der Waals surface area (Å²) < 4.78 is 50.2.